The van der Waals surface area contributed by atoms with Gasteiger partial charge in [0.25, 0.3) is 5.91 Å². The molecule has 2 aliphatic heterocycles. The number of hydrogen-bond acceptors (Lipinski definition) is 10. The van der Waals surface area contributed by atoms with Gasteiger partial charge in [-0.1, -0.05) is 54.6 Å². The normalized spacial score (nSPS) is 24.5. The minimum absolute atomic E-state index is 0.103. The van der Waals surface area contributed by atoms with Crippen molar-refractivity contribution in [1.82, 2.24) is 15.3 Å². The zero-order valence-corrected chi connectivity index (χ0v) is 23.9. The quantitative estimate of drug-likeness (QED) is 0.284. The molecule has 1 N–H and O–H groups in total. The number of hydrogen-bond donors (Lipinski definition) is 1. The van der Waals surface area contributed by atoms with Gasteiger partial charge in [-0.25, -0.2) is 9.78 Å². The number of benzene rings is 2. The van der Waals surface area contributed by atoms with Gasteiger partial charge in [-0.2, -0.15) is 0 Å². The lowest BCUT2D eigenvalue weighted by molar-refractivity contribution is -0.344. The van der Waals surface area contributed by atoms with Crippen molar-refractivity contribution in [1.29, 1.82) is 0 Å². The molecule has 226 valence electrons. The van der Waals surface area contributed by atoms with Crippen molar-refractivity contribution in [2.24, 2.45) is 0 Å². The number of amides is 1. The second-order valence-corrected chi connectivity index (χ2v) is 10.2. The third-order valence-electron chi connectivity index (χ3n) is 7.30. The van der Waals surface area contributed by atoms with E-state index in [9.17, 15) is 9.59 Å². The molecule has 4 heterocycles. The molecule has 2 aromatic heterocycles. The molecule has 11 nitrogen and oxygen atoms in total. The highest BCUT2D eigenvalue weighted by atomic mass is 16.8. The number of carbonyl (C=O) groups excluding carboxylic acids is 2. The van der Waals surface area contributed by atoms with Crippen molar-refractivity contribution < 1.29 is 38.0 Å². The summed E-state index contributed by atoms with van der Waals surface area (Å²) in [7, 11) is 1.59. The molecule has 1 amide bonds. The fraction of sp³-hybridized carbons (Fsp3) is 0.273. The van der Waals surface area contributed by atoms with Crippen LogP contribution in [-0.2, 0) is 30.3 Å². The predicted molar refractivity (Wildman–Crippen MR) is 155 cm³/mol. The third-order valence-corrected chi connectivity index (χ3v) is 7.30. The summed E-state index contributed by atoms with van der Waals surface area (Å²) in [6.45, 7) is 0.293. The summed E-state index contributed by atoms with van der Waals surface area (Å²) in [6, 6.07) is 25.7. The van der Waals surface area contributed by atoms with Gasteiger partial charge in [0.1, 0.15) is 35.4 Å². The zero-order chi connectivity index (χ0) is 30.3. The van der Waals surface area contributed by atoms with E-state index in [0.29, 0.717) is 5.75 Å². The van der Waals surface area contributed by atoms with E-state index in [1.807, 2.05) is 42.5 Å². The first-order valence-electron chi connectivity index (χ1n) is 14.1. The molecule has 6 atom stereocenters. The largest absolute Gasteiger partial charge is 0.497 e. The van der Waals surface area contributed by atoms with E-state index in [-0.39, 0.29) is 24.6 Å². The molecule has 0 unspecified atom stereocenters. The Hall–Kier alpha value is -4.68. The van der Waals surface area contributed by atoms with Gasteiger partial charge in [0.15, 0.2) is 18.7 Å². The maximum atomic E-state index is 13.4. The van der Waals surface area contributed by atoms with E-state index >= 15 is 0 Å². The van der Waals surface area contributed by atoms with Crippen molar-refractivity contribution in [2.45, 2.75) is 43.5 Å². The maximum absolute atomic E-state index is 13.4. The molecule has 2 aliphatic rings. The Labute approximate surface area is 254 Å². The minimum atomic E-state index is -1.05. The van der Waals surface area contributed by atoms with Crippen molar-refractivity contribution >= 4 is 11.9 Å². The Morgan fingerprint density at radius 1 is 0.864 bits per heavy atom. The van der Waals surface area contributed by atoms with E-state index in [1.54, 1.807) is 55.6 Å². The van der Waals surface area contributed by atoms with Gasteiger partial charge in [0.05, 0.1) is 20.3 Å². The summed E-state index contributed by atoms with van der Waals surface area (Å²) in [5.74, 6) is -0.504. The highest BCUT2D eigenvalue weighted by Gasteiger charge is 2.53. The first kappa shape index (κ1) is 29.4. The predicted octanol–water partition coefficient (Wildman–Crippen LogP) is 3.87. The highest BCUT2D eigenvalue weighted by Crippen LogP contribution is 2.36. The molecule has 0 aliphatic carbocycles. The van der Waals surface area contributed by atoms with Crippen LogP contribution in [0.1, 0.15) is 38.4 Å². The number of ether oxygens (including phenoxy) is 6. The molecule has 0 saturated carbocycles. The summed E-state index contributed by atoms with van der Waals surface area (Å²) in [6.07, 6.45) is -1.39. The SMILES string of the molecule is COc1ccc([C@@H]2OC[C@H]3O[C@H](OCc4ccccc4)[C@H](NC(=O)c4ccccn4)[C@@H](OC(=O)c4ccccn4)[C@@H]3O2)cc1. The lowest BCUT2D eigenvalue weighted by Crippen LogP contribution is -2.67. The number of esters is 1. The summed E-state index contributed by atoms with van der Waals surface area (Å²) >= 11 is 0. The third kappa shape index (κ3) is 6.76. The van der Waals surface area contributed by atoms with Crippen LogP contribution in [-0.4, -0.2) is 66.2 Å². The Morgan fingerprint density at radius 2 is 1.57 bits per heavy atom. The number of fused-ring (bicyclic) bond motifs is 1. The van der Waals surface area contributed by atoms with Crippen LogP contribution in [0.4, 0.5) is 0 Å². The number of rotatable bonds is 9. The second-order valence-electron chi connectivity index (χ2n) is 10.2. The fourth-order valence-corrected chi connectivity index (χ4v) is 5.08. The molecule has 0 bridgehead atoms. The van der Waals surface area contributed by atoms with Gasteiger partial charge in [0, 0.05) is 18.0 Å². The van der Waals surface area contributed by atoms with E-state index in [0.717, 1.165) is 11.1 Å². The van der Waals surface area contributed by atoms with Crippen LogP contribution in [0.25, 0.3) is 0 Å². The second kappa shape index (κ2) is 13.7. The van der Waals surface area contributed by atoms with Crippen LogP contribution in [0.2, 0.25) is 0 Å². The van der Waals surface area contributed by atoms with Crippen molar-refractivity contribution in [2.75, 3.05) is 13.7 Å². The van der Waals surface area contributed by atoms with Crippen LogP contribution in [0.3, 0.4) is 0 Å². The first-order valence-corrected chi connectivity index (χ1v) is 14.1. The molecule has 4 aromatic rings. The van der Waals surface area contributed by atoms with Crippen LogP contribution in [0, 0.1) is 0 Å². The number of nitrogens with one attached hydrogen (secondary N) is 1. The molecule has 0 spiro atoms. The molecule has 44 heavy (non-hydrogen) atoms. The van der Waals surface area contributed by atoms with E-state index in [2.05, 4.69) is 15.3 Å². The number of carbonyl (C=O) groups is 2. The molecular formula is C33H31N3O8. The van der Waals surface area contributed by atoms with E-state index < -0.39 is 48.8 Å². The summed E-state index contributed by atoms with van der Waals surface area (Å²) in [4.78, 5) is 35.1. The Kier molecular flexibility index (Phi) is 9.18. The summed E-state index contributed by atoms with van der Waals surface area (Å²) < 4.78 is 36.4. The van der Waals surface area contributed by atoms with E-state index in [4.69, 9.17) is 28.4 Å². The Balaban J connectivity index is 1.33. The highest BCUT2D eigenvalue weighted by molar-refractivity contribution is 5.92. The van der Waals surface area contributed by atoms with Gasteiger partial charge in [-0.3, -0.25) is 9.78 Å². The number of aromatic nitrogens is 2. The Bertz CT molecular complexity index is 1530. The van der Waals surface area contributed by atoms with E-state index in [1.165, 1.54) is 12.4 Å². The number of nitrogens with zero attached hydrogens (tertiary/aromatic N) is 2. The average molecular weight is 598 g/mol. The van der Waals surface area contributed by atoms with Crippen molar-refractivity contribution in [3.63, 3.8) is 0 Å². The van der Waals surface area contributed by atoms with Crippen LogP contribution < -0.4 is 10.1 Å². The van der Waals surface area contributed by atoms with Gasteiger partial charge >= 0.3 is 5.97 Å². The molecular weight excluding hydrogens is 566 g/mol. The molecule has 2 saturated heterocycles. The van der Waals surface area contributed by atoms with Crippen LogP contribution in [0.5, 0.6) is 5.75 Å². The molecule has 11 heteroatoms. The lowest BCUT2D eigenvalue weighted by Gasteiger charge is -2.48. The monoisotopic (exact) mass is 597 g/mol. The Morgan fingerprint density at radius 3 is 2.25 bits per heavy atom. The van der Waals surface area contributed by atoms with Gasteiger partial charge < -0.3 is 33.7 Å². The first-order chi connectivity index (χ1) is 21.6. The van der Waals surface area contributed by atoms with Crippen molar-refractivity contribution in [3.8, 4) is 5.75 Å². The average Bonchev–Trinajstić information content (AvgIpc) is 3.09. The number of pyridine rings is 2. The topological polar surface area (TPSA) is 127 Å². The zero-order valence-electron chi connectivity index (χ0n) is 23.9. The van der Waals surface area contributed by atoms with Gasteiger partial charge in [-0.05, 0) is 42.0 Å². The summed E-state index contributed by atoms with van der Waals surface area (Å²) in [5.41, 5.74) is 1.91. The molecule has 6 rings (SSSR count). The van der Waals surface area contributed by atoms with Crippen molar-refractivity contribution in [3.05, 3.63) is 126 Å². The fourth-order valence-electron chi connectivity index (χ4n) is 5.08. The minimum Gasteiger partial charge on any atom is -0.497 e. The lowest BCUT2D eigenvalue weighted by atomic mass is 9.95. The van der Waals surface area contributed by atoms with Gasteiger partial charge in [0.2, 0.25) is 0 Å². The number of methoxy groups -OCH3 is 1. The summed E-state index contributed by atoms with van der Waals surface area (Å²) in [5, 5.41) is 2.94. The maximum Gasteiger partial charge on any atom is 0.357 e. The molecule has 2 aromatic carbocycles. The molecule has 0 radical (unpaired) electrons. The van der Waals surface area contributed by atoms with Crippen LogP contribution >= 0.6 is 0 Å². The smallest absolute Gasteiger partial charge is 0.357 e. The van der Waals surface area contributed by atoms with Crippen LogP contribution in [0.15, 0.2) is 103 Å². The molecule has 2 fully saturated rings. The van der Waals surface area contributed by atoms with Gasteiger partial charge in [-0.15, -0.1) is 0 Å². The standard InChI is InChI=1S/C33H31N3O8/c1-39-23-15-13-22(14-16-23)32-41-20-26-28(44-32)29(43-31(38)25-12-6-8-18-35-25)27(36-30(37)24-11-5-7-17-34-24)33(42-26)40-19-21-9-3-2-4-10-21/h2-18,26-29,32-33H,19-20H2,1H3,(H,36,37)/t26-,27-,28-,29-,32-,33+/m1/s1.